The average molecular weight is 225 g/mol. The maximum absolute atomic E-state index is 4.56. The maximum Gasteiger partial charge on any atom is 0.115 e. The van der Waals surface area contributed by atoms with Crippen molar-refractivity contribution in [3.8, 4) is 11.8 Å². The smallest absolute Gasteiger partial charge is 0.115 e. The number of hydrogen-bond donors (Lipinski definition) is 0. The molecule has 0 bridgehead atoms. The van der Waals surface area contributed by atoms with Gasteiger partial charge in [0.2, 0.25) is 0 Å². The van der Waals surface area contributed by atoms with Gasteiger partial charge in [0.15, 0.2) is 0 Å². The SMILES string of the molecule is C=C(C)C#CC(=NCCCC)c1ccccc1. The third-order valence-electron chi connectivity index (χ3n) is 2.22. The molecule has 0 aliphatic carbocycles. The number of aliphatic imine (C=N–C) groups is 1. The Balaban J connectivity index is 2.92. The van der Waals surface area contributed by atoms with Gasteiger partial charge in [-0.2, -0.15) is 0 Å². The number of nitrogens with zero attached hydrogens (tertiary/aromatic N) is 1. The first-order valence-corrected chi connectivity index (χ1v) is 6.01. The molecule has 0 amide bonds. The number of hydrogen-bond acceptors (Lipinski definition) is 1. The van der Waals surface area contributed by atoms with Gasteiger partial charge in [-0.05, 0) is 24.8 Å². The third-order valence-corrected chi connectivity index (χ3v) is 2.22. The molecule has 0 N–H and O–H groups in total. The van der Waals surface area contributed by atoms with Crippen LogP contribution in [0.3, 0.4) is 0 Å². The molecule has 1 nitrogen and oxygen atoms in total. The largest absolute Gasteiger partial charge is 0.276 e. The Labute approximate surface area is 104 Å². The highest BCUT2D eigenvalue weighted by Gasteiger charge is 1.98. The Morgan fingerprint density at radius 1 is 1.24 bits per heavy atom. The van der Waals surface area contributed by atoms with Crippen LogP contribution in [-0.2, 0) is 0 Å². The van der Waals surface area contributed by atoms with Crippen molar-refractivity contribution >= 4 is 5.71 Å². The summed E-state index contributed by atoms with van der Waals surface area (Å²) in [5.74, 6) is 6.09. The Morgan fingerprint density at radius 2 is 1.94 bits per heavy atom. The fourth-order valence-electron chi connectivity index (χ4n) is 1.31. The van der Waals surface area contributed by atoms with Crippen LogP contribution in [0, 0.1) is 11.8 Å². The molecule has 0 spiro atoms. The molecule has 0 saturated heterocycles. The molecule has 0 aliphatic rings. The molecule has 0 heterocycles. The molecule has 0 unspecified atom stereocenters. The van der Waals surface area contributed by atoms with Gasteiger partial charge in [0.05, 0.1) is 0 Å². The molecule has 17 heavy (non-hydrogen) atoms. The van der Waals surface area contributed by atoms with E-state index in [9.17, 15) is 0 Å². The van der Waals surface area contributed by atoms with Crippen LogP contribution in [0.1, 0.15) is 32.3 Å². The van der Waals surface area contributed by atoms with E-state index in [1.807, 2.05) is 37.3 Å². The molecule has 88 valence electrons. The average Bonchev–Trinajstić information content (AvgIpc) is 2.34. The van der Waals surface area contributed by atoms with Gasteiger partial charge >= 0.3 is 0 Å². The lowest BCUT2D eigenvalue weighted by Crippen LogP contribution is -1.99. The van der Waals surface area contributed by atoms with Crippen molar-refractivity contribution in [2.75, 3.05) is 6.54 Å². The van der Waals surface area contributed by atoms with E-state index < -0.39 is 0 Å². The highest BCUT2D eigenvalue weighted by molar-refractivity contribution is 6.13. The summed E-state index contributed by atoms with van der Waals surface area (Å²) in [6.45, 7) is 8.70. The number of rotatable bonds is 4. The van der Waals surface area contributed by atoms with Gasteiger partial charge in [0, 0.05) is 12.1 Å². The van der Waals surface area contributed by atoms with Crippen LogP contribution in [0.5, 0.6) is 0 Å². The Morgan fingerprint density at radius 3 is 2.53 bits per heavy atom. The summed E-state index contributed by atoms with van der Waals surface area (Å²) in [4.78, 5) is 4.56. The Hall–Kier alpha value is -1.81. The zero-order valence-corrected chi connectivity index (χ0v) is 10.7. The fraction of sp³-hybridized carbons (Fsp3) is 0.312. The molecule has 0 radical (unpaired) electrons. The lowest BCUT2D eigenvalue weighted by Gasteiger charge is -1.99. The van der Waals surface area contributed by atoms with Crippen LogP contribution in [0.4, 0.5) is 0 Å². The number of benzene rings is 1. The molecule has 1 aromatic carbocycles. The molecular weight excluding hydrogens is 206 g/mol. The Bertz CT molecular complexity index is 443. The summed E-state index contributed by atoms with van der Waals surface area (Å²) in [6.07, 6.45) is 2.25. The van der Waals surface area contributed by atoms with Gasteiger partial charge in [-0.25, -0.2) is 0 Å². The highest BCUT2D eigenvalue weighted by Crippen LogP contribution is 2.02. The van der Waals surface area contributed by atoms with Crippen LogP contribution in [-0.4, -0.2) is 12.3 Å². The third kappa shape index (κ3) is 5.17. The first kappa shape index (κ1) is 13.3. The van der Waals surface area contributed by atoms with Gasteiger partial charge in [-0.1, -0.05) is 56.2 Å². The van der Waals surface area contributed by atoms with Gasteiger partial charge < -0.3 is 0 Å². The second-order valence-corrected chi connectivity index (χ2v) is 3.98. The van der Waals surface area contributed by atoms with E-state index in [1.165, 1.54) is 0 Å². The first-order valence-electron chi connectivity index (χ1n) is 6.01. The zero-order valence-electron chi connectivity index (χ0n) is 10.7. The molecule has 1 heteroatoms. The van der Waals surface area contributed by atoms with E-state index in [0.29, 0.717) is 0 Å². The normalized spacial score (nSPS) is 10.6. The molecule has 1 rings (SSSR count). The summed E-state index contributed by atoms with van der Waals surface area (Å²) >= 11 is 0. The molecule has 0 atom stereocenters. The predicted octanol–water partition coefficient (Wildman–Crippen LogP) is 3.86. The summed E-state index contributed by atoms with van der Waals surface area (Å²) in [7, 11) is 0. The maximum atomic E-state index is 4.56. The first-order chi connectivity index (χ1) is 8.24. The molecular formula is C16H19N. The van der Waals surface area contributed by atoms with Crippen molar-refractivity contribution in [1.29, 1.82) is 0 Å². The van der Waals surface area contributed by atoms with E-state index in [1.54, 1.807) is 0 Å². The van der Waals surface area contributed by atoms with Gasteiger partial charge in [-0.15, -0.1) is 0 Å². The van der Waals surface area contributed by atoms with Gasteiger partial charge in [0.1, 0.15) is 5.71 Å². The quantitative estimate of drug-likeness (QED) is 0.419. The molecule has 0 saturated carbocycles. The summed E-state index contributed by atoms with van der Waals surface area (Å²) in [5, 5.41) is 0. The minimum absolute atomic E-state index is 0.839. The summed E-state index contributed by atoms with van der Waals surface area (Å²) < 4.78 is 0. The second kappa shape index (κ2) is 7.46. The van der Waals surface area contributed by atoms with Crippen LogP contribution in [0.2, 0.25) is 0 Å². The fourth-order valence-corrected chi connectivity index (χ4v) is 1.31. The topological polar surface area (TPSA) is 12.4 Å². The molecule has 0 aliphatic heterocycles. The monoisotopic (exact) mass is 225 g/mol. The van der Waals surface area contributed by atoms with Crippen LogP contribution in [0.15, 0.2) is 47.5 Å². The van der Waals surface area contributed by atoms with E-state index in [-0.39, 0.29) is 0 Å². The highest BCUT2D eigenvalue weighted by atomic mass is 14.7. The summed E-state index contributed by atoms with van der Waals surface area (Å²) in [5.41, 5.74) is 2.81. The number of unbranched alkanes of at least 4 members (excludes halogenated alkanes) is 1. The molecule has 0 aromatic heterocycles. The zero-order chi connectivity index (χ0) is 12.5. The van der Waals surface area contributed by atoms with E-state index in [2.05, 4.69) is 30.3 Å². The lowest BCUT2D eigenvalue weighted by molar-refractivity contribution is 0.809. The van der Waals surface area contributed by atoms with E-state index in [0.717, 1.165) is 36.2 Å². The number of allylic oxidation sites excluding steroid dienone is 1. The van der Waals surface area contributed by atoms with Crippen molar-refractivity contribution in [1.82, 2.24) is 0 Å². The second-order valence-electron chi connectivity index (χ2n) is 3.98. The molecule has 1 aromatic rings. The van der Waals surface area contributed by atoms with Crippen LogP contribution < -0.4 is 0 Å². The van der Waals surface area contributed by atoms with E-state index in [4.69, 9.17) is 0 Å². The van der Waals surface area contributed by atoms with Crippen molar-refractivity contribution in [2.45, 2.75) is 26.7 Å². The van der Waals surface area contributed by atoms with Crippen molar-refractivity contribution in [3.05, 3.63) is 48.0 Å². The standard InChI is InChI=1S/C16H19N/c1-4-5-13-17-16(12-11-14(2)3)15-9-7-6-8-10-15/h6-10H,2,4-5,13H2,1,3H3. The van der Waals surface area contributed by atoms with Gasteiger partial charge in [-0.3, -0.25) is 4.99 Å². The van der Waals surface area contributed by atoms with Crippen LogP contribution in [0.25, 0.3) is 0 Å². The lowest BCUT2D eigenvalue weighted by atomic mass is 10.1. The van der Waals surface area contributed by atoms with Crippen molar-refractivity contribution in [3.63, 3.8) is 0 Å². The minimum atomic E-state index is 0.839. The molecule has 0 fully saturated rings. The minimum Gasteiger partial charge on any atom is -0.276 e. The van der Waals surface area contributed by atoms with Crippen molar-refractivity contribution < 1.29 is 0 Å². The van der Waals surface area contributed by atoms with E-state index >= 15 is 0 Å². The Kier molecular flexibility index (Phi) is 5.82. The summed E-state index contributed by atoms with van der Waals surface area (Å²) in [6, 6.07) is 10.1. The predicted molar refractivity (Wildman–Crippen MR) is 75.3 cm³/mol. The van der Waals surface area contributed by atoms with Crippen LogP contribution >= 0.6 is 0 Å². The van der Waals surface area contributed by atoms with Gasteiger partial charge in [0.25, 0.3) is 0 Å². The van der Waals surface area contributed by atoms with Crippen molar-refractivity contribution in [2.24, 2.45) is 4.99 Å².